The quantitative estimate of drug-likeness (QED) is 0.824. The van der Waals surface area contributed by atoms with Gasteiger partial charge in [0.25, 0.3) is 0 Å². The molecule has 6 heteroatoms. The third-order valence-electron chi connectivity index (χ3n) is 2.75. The highest BCUT2D eigenvalue weighted by atomic mass is 16.5. The average Bonchev–Trinajstić information content (AvgIpc) is 2.47. The molecule has 0 amide bonds. The molecule has 2 aromatic heterocycles. The Balaban J connectivity index is 2.12. The van der Waals surface area contributed by atoms with Gasteiger partial charge in [-0.2, -0.15) is 0 Å². The fourth-order valence-corrected chi connectivity index (χ4v) is 1.62. The minimum absolute atomic E-state index is 0.214. The zero-order chi connectivity index (χ0) is 14.5. The molecule has 2 aromatic rings. The molecule has 2 rings (SSSR count). The van der Waals surface area contributed by atoms with Crippen LogP contribution in [0.3, 0.4) is 0 Å². The number of nitrogens with two attached hydrogens (primary N) is 1. The second kappa shape index (κ2) is 6.01. The number of esters is 1. The molecule has 3 N–H and O–H groups in total. The van der Waals surface area contributed by atoms with E-state index in [-0.39, 0.29) is 5.69 Å². The standard InChI is InChI=1S/C14H16N4O2/c1-9-3-4-10(7-16-9)8-17-13-11(15)5-6-12(18-13)14(19)20-2/h3-7H,8,15H2,1-2H3,(H,17,18). The first-order chi connectivity index (χ1) is 9.60. The minimum Gasteiger partial charge on any atom is -0.464 e. The molecule has 0 spiro atoms. The van der Waals surface area contributed by atoms with Crippen molar-refractivity contribution in [1.82, 2.24) is 9.97 Å². The first-order valence-electron chi connectivity index (χ1n) is 6.10. The molecule has 2 heterocycles. The van der Waals surface area contributed by atoms with Crippen molar-refractivity contribution in [3.05, 3.63) is 47.4 Å². The smallest absolute Gasteiger partial charge is 0.356 e. The predicted octanol–water partition coefficient (Wildman–Crippen LogP) is 1.77. The summed E-state index contributed by atoms with van der Waals surface area (Å²) in [5, 5.41) is 3.08. The van der Waals surface area contributed by atoms with Gasteiger partial charge in [-0.1, -0.05) is 6.07 Å². The van der Waals surface area contributed by atoms with E-state index >= 15 is 0 Å². The highest BCUT2D eigenvalue weighted by Gasteiger charge is 2.10. The van der Waals surface area contributed by atoms with E-state index in [1.165, 1.54) is 13.2 Å². The van der Waals surface area contributed by atoms with Crippen LogP contribution in [-0.4, -0.2) is 23.0 Å². The number of nitrogen functional groups attached to an aromatic ring is 1. The van der Waals surface area contributed by atoms with Crippen molar-refractivity contribution in [2.75, 3.05) is 18.2 Å². The van der Waals surface area contributed by atoms with Gasteiger partial charge in [-0.05, 0) is 30.7 Å². The van der Waals surface area contributed by atoms with Gasteiger partial charge >= 0.3 is 5.97 Å². The van der Waals surface area contributed by atoms with Crippen LogP contribution in [0.25, 0.3) is 0 Å². The second-order valence-corrected chi connectivity index (χ2v) is 4.29. The number of carbonyl (C=O) groups is 1. The van der Waals surface area contributed by atoms with Crippen molar-refractivity contribution in [3.63, 3.8) is 0 Å². The van der Waals surface area contributed by atoms with Gasteiger partial charge in [0.2, 0.25) is 0 Å². The third kappa shape index (κ3) is 3.23. The van der Waals surface area contributed by atoms with Crippen LogP contribution in [0.1, 0.15) is 21.7 Å². The number of hydrogen-bond donors (Lipinski definition) is 2. The van der Waals surface area contributed by atoms with Gasteiger partial charge in [0.1, 0.15) is 5.82 Å². The summed E-state index contributed by atoms with van der Waals surface area (Å²) in [6, 6.07) is 7.04. The maximum absolute atomic E-state index is 11.4. The zero-order valence-corrected chi connectivity index (χ0v) is 11.4. The summed E-state index contributed by atoms with van der Waals surface area (Å²) < 4.78 is 4.63. The van der Waals surface area contributed by atoms with Crippen LogP contribution in [0.15, 0.2) is 30.5 Å². The summed E-state index contributed by atoms with van der Waals surface area (Å²) in [4.78, 5) is 19.8. The van der Waals surface area contributed by atoms with Crippen molar-refractivity contribution in [2.24, 2.45) is 0 Å². The summed E-state index contributed by atoms with van der Waals surface area (Å²) in [5.41, 5.74) is 8.47. The molecule has 0 aliphatic heterocycles. The molecular weight excluding hydrogens is 256 g/mol. The van der Waals surface area contributed by atoms with Crippen LogP contribution < -0.4 is 11.1 Å². The molecule has 0 aliphatic rings. The molecular formula is C14H16N4O2. The van der Waals surface area contributed by atoms with Gasteiger partial charge < -0.3 is 15.8 Å². The predicted molar refractivity (Wildman–Crippen MR) is 76.3 cm³/mol. The fourth-order valence-electron chi connectivity index (χ4n) is 1.62. The lowest BCUT2D eigenvalue weighted by Crippen LogP contribution is -2.10. The number of aromatic nitrogens is 2. The summed E-state index contributed by atoms with van der Waals surface area (Å²) in [7, 11) is 1.31. The highest BCUT2D eigenvalue weighted by Crippen LogP contribution is 2.17. The Morgan fingerprint density at radius 1 is 1.35 bits per heavy atom. The van der Waals surface area contributed by atoms with E-state index < -0.39 is 5.97 Å². The SMILES string of the molecule is COC(=O)c1ccc(N)c(NCc2ccc(C)nc2)n1. The topological polar surface area (TPSA) is 90.1 Å². The number of ether oxygens (including phenoxy) is 1. The lowest BCUT2D eigenvalue weighted by Gasteiger charge is -2.09. The number of nitrogens with one attached hydrogen (secondary N) is 1. The lowest BCUT2D eigenvalue weighted by atomic mass is 10.2. The van der Waals surface area contributed by atoms with Crippen LogP contribution >= 0.6 is 0 Å². The van der Waals surface area contributed by atoms with Gasteiger partial charge in [0.05, 0.1) is 12.8 Å². The molecule has 6 nitrogen and oxygen atoms in total. The second-order valence-electron chi connectivity index (χ2n) is 4.29. The Morgan fingerprint density at radius 3 is 2.80 bits per heavy atom. The Kier molecular flexibility index (Phi) is 4.14. The normalized spacial score (nSPS) is 10.1. The summed E-state index contributed by atoms with van der Waals surface area (Å²) in [5.74, 6) is -0.0430. The van der Waals surface area contributed by atoms with E-state index in [0.29, 0.717) is 18.1 Å². The molecule has 0 radical (unpaired) electrons. The Bertz CT molecular complexity index is 611. The first kappa shape index (κ1) is 13.8. The van der Waals surface area contributed by atoms with Crippen LogP contribution in [0, 0.1) is 6.92 Å². The molecule has 0 saturated heterocycles. The fraction of sp³-hybridized carbons (Fsp3) is 0.214. The largest absolute Gasteiger partial charge is 0.464 e. The van der Waals surface area contributed by atoms with E-state index in [4.69, 9.17) is 5.73 Å². The van der Waals surface area contributed by atoms with E-state index in [1.54, 1.807) is 12.3 Å². The number of methoxy groups -OCH3 is 1. The Morgan fingerprint density at radius 2 is 2.15 bits per heavy atom. The van der Waals surface area contributed by atoms with Gasteiger partial charge in [-0.25, -0.2) is 9.78 Å². The monoisotopic (exact) mass is 272 g/mol. The summed E-state index contributed by atoms with van der Waals surface area (Å²) in [6.45, 7) is 2.45. The molecule has 0 saturated carbocycles. The number of carbonyl (C=O) groups excluding carboxylic acids is 1. The van der Waals surface area contributed by atoms with Crippen LogP contribution in [0.5, 0.6) is 0 Å². The zero-order valence-electron chi connectivity index (χ0n) is 11.4. The van der Waals surface area contributed by atoms with Gasteiger partial charge in [-0.3, -0.25) is 4.98 Å². The molecule has 0 bridgehead atoms. The molecule has 0 fully saturated rings. The van der Waals surface area contributed by atoms with E-state index in [1.807, 2.05) is 19.1 Å². The molecule has 104 valence electrons. The average molecular weight is 272 g/mol. The van der Waals surface area contributed by atoms with Gasteiger partial charge in [-0.15, -0.1) is 0 Å². The number of pyridine rings is 2. The third-order valence-corrected chi connectivity index (χ3v) is 2.75. The minimum atomic E-state index is -0.495. The van der Waals surface area contributed by atoms with Gasteiger partial charge in [0.15, 0.2) is 5.69 Å². The van der Waals surface area contributed by atoms with Crippen molar-refractivity contribution in [1.29, 1.82) is 0 Å². The van der Waals surface area contributed by atoms with E-state index in [2.05, 4.69) is 20.0 Å². The summed E-state index contributed by atoms with van der Waals surface area (Å²) in [6.07, 6.45) is 1.78. The molecule has 20 heavy (non-hydrogen) atoms. The first-order valence-corrected chi connectivity index (χ1v) is 6.10. The molecule has 0 unspecified atom stereocenters. The lowest BCUT2D eigenvalue weighted by molar-refractivity contribution is 0.0594. The number of nitrogens with zero attached hydrogens (tertiary/aromatic N) is 2. The maximum atomic E-state index is 11.4. The van der Waals surface area contributed by atoms with Crippen molar-refractivity contribution in [2.45, 2.75) is 13.5 Å². The molecule has 0 aliphatic carbocycles. The molecule has 0 aromatic carbocycles. The van der Waals surface area contributed by atoms with Crippen LogP contribution in [0.4, 0.5) is 11.5 Å². The Hall–Kier alpha value is -2.63. The number of hydrogen-bond acceptors (Lipinski definition) is 6. The summed E-state index contributed by atoms with van der Waals surface area (Å²) >= 11 is 0. The van der Waals surface area contributed by atoms with Crippen LogP contribution in [-0.2, 0) is 11.3 Å². The number of rotatable bonds is 4. The van der Waals surface area contributed by atoms with Crippen molar-refractivity contribution < 1.29 is 9.53 Å². The maximum Gasteiger partial charge on any atom is 0.356 e. The molecule has 0 atom stereocenters. The van der Waals surface area contributed by atoms with Crippen molar-refractivity contribution >= 4 is 17.5 Å². The van der Waals surface area contributed by atoms with E-state index in [9.17, 15) is 4.79 Å². The number of aryl methyl sites for hydroxylation is 1. The van der Waals surface area contributed by atoms with Crippen LogP contribution in [0.2, 0.25) is 0 Å². The highest BCUT2D eigenvalue weighted by molar-refractivity contribution is 5.88. The number of anilines is 2. The van der Waals surface area contributed by atoms with E-state index in [0.717, 1.165) is 11.3 Å². The Labute approximate surface area is 117 Å². The van der Waals surface area contributed by atoms with Gasteiger partial charge in [0, 0.05) is 18.4 Å². The van der Waals surface area contributed by atoms with Crippen molar-refractivity contribution in [3.8, 4) is 0 Å².